The lowest BCUT2D eigenvalue weighted by molar-refractivity contribution is 0.0668. The van der Waals surface area contributed by atoms with Gasteiger partial charge in [-0.25, -0.2) is 0 Å². The molecule has 210 valence electrons. The van der Waals surface area contributed by atoms with Crippen LogP contribution in [0.4, 0.5) is 11.4 Å². The predicted molar refractivity (Wildman–Crippen MR) is 165 cm³/mol. The van der Waals surface area contributed by atoms with Crippen LogP contribution in [0.5, 0.6) is 11.5 Å². The van der Waals surface area contributed by atoms with Gasteiger partial charge in [0.25, 0.3) is 5.91 Å². The van der Waals surface area contributed by atoms with Crippen LogP contribution >= 0.6 is 0 Å². The molecule has 1 spiro atoms. The molecule has 4 aromatic rings. The molecule has 6 nitrogen and oxygen atoms in total. The largest absolute Gasteiger partial charge is 0.456 e. The first-order chi connectivity index (χ1) is 20.1. The van der Waals surface area contributed by atoms with E-state index in [1.54, 1.807) is 0 Å². The Balaban J connectivity index is 1.60. The molecule has 0 saturated carbocycles. The molecule has 1 amide bonds. The van der Waals surface area contributed by atoms with Crippen molar-refractivity contribution < 1.29 is 9.53 Å². The van der Waals surface area contributed by atoms with Gasteiger partial charge in [-0.15, -0.1) is 0 Å². The molecule has 0 atom stereocenters. The molecule has 0 unspecified atom stereocenters. The second-order valence-corrected chi connectivity index (χ2v) is 10.6. The first-order valence-corrected chi connectivity index (χ1v) is 14.8. The minimum Gasteiger partial charge on any atom is -0.456 e. The Hall–Kier alpha value is -4.32. The van der Waals surface area contributed by atoms with E-state index in [4.69, 9.17) is 4.74 Å². The Morgan fingerprint density at radius 2 is 1.32 bits per heavy atom. The zero-order chi connectivity index (χ0) is 28.6. The van der Waals surface area contributed by atoms with Gasteiger partial charge in [-0.3, -0.25) is 9.78 Å². The highest BCUT2D eigenvalue weighted by atomic mass is 16.5. The molecule has 3 heterocycles. The van der Waals surface area contributed by atoms with E-state index >= 15 is 0 Å². The molecule has 0 fully saturated rings. The van der Waals surface area contributed by atoms with Crippen LogP contribution < -0.4 is 14.5 Å². The highest BCUT2D eigenvalue weighted by Crippen LogP contribution is 2.58. The van der Waals surface area contributed by atoms with Gasteiger partial charge >= 0.3 is 0 Å². The van der Waals surface area contributed by atoms with Crippen molar-refractivity contribution in [2.24, 2.45) is 0 Å². The smallest absolute Gasteiger partial charge is 0.255 e. The number of benzene rings is 3. The minimum absolute atomic E-state index is 0.0379. The average Bonchev–Trinajstić information content (AvgIpc) is 3.25. The normalized spacial score (nSPS) is 14.3. The van der Waals surface area contributed by atoms with Crippen LogP contribution in [0.15, 0.2) is 85.1 Å². The van der Waals surface area contributed by atoms with Gasteiger partial charge < -0.3 is 19.4 Å². The van der Waals surface area contributed by atoms with E-state index < -0.39 is 5.54 Å². The van der Waals surface area contributed by atoms with Crippen molar-refractivity contribution in [1.29, 1.82) is 0 Å². The molecule has 0 radical (unpaired) electrons. The zero-order valence-corrected chi connectivity index (χ0v) is 24.4. The van der Waals surface area contributed by atoms with Crippen LogP contribution in [0.25, 0.3) is 0 Å². The zero-order valence-electron chi connectivity index (χ0n) is 24.4. The van der Waals surface area contributed by atoms with Crippen LogP contribution in [-0.4, -0.2) is 48.5 Å². The number of nitrogens with zero attached hydrogens (tertiary/aromatic N) is 4. The molecule has 0 bridgehead atoms. The Bertz CT molecular complexity index is 1500. The topological polar surface area (TPSA) is 48.9 Å². The number of hydrogen-bond donors (Lipinski definition) is 0. The number of hydrogen-bond acceptors (Lipinski definition) is 5. The van der Waals surface area contributed by atoms with Crippen molar-refractivity contribution in [3.05, 3.63) is 113 Å². The Kier molecular flexibility index (Phi) is 7.16. The van der Waals surface area contributed by atoms with E-state index in [1.165, 1.54) is 0 Å². The fourth-order valence-corrected chi connectivity index (χ4v) is 6.67. The number of fused-ring (bicyclic) bond motifs is 6. The third-order valence-corrected chi connectivity index (χ3v) is 8.70. The molecule has 2 aliphatic heterocycles. The highest BCUT2D eigenvalue weighted by Gasteiger charge is 2.56. The Labute approximate surface area is 243 Å². The summed E-state index contributed by atoms with van der Waals surface area (Å²) in [7, 11) is 0. The molecule has 6 rings (SSSR count). The van der Waals surface area contributed by atoms with E-state index in [0.717, 1.165) is 77.0 Å². The predicted octanol–water partition coefficient (Wildman–Crippen LogP) is 6.87. The van der Waals surface area contributed by atoms with Gasteiger partial charge in [-0.1, -0.05) is 36.4 Å². The number of amides is 1. The minimum atomic E-state index is -0.811. The van der Waals surface area contributed by atoms with E-state index in [-0.39, 0.29) is 5.91 Å². The van der Waals surface area contributed by atoms with Crippen LogP contribution in [0, 0.1) is 0 Å². The molecule has 6 heteroatoms. The highest BCUT2D eigenvalue weighted by molar-refractivity contribution is 6.02. The van der Waals surface area contributed by atoms with Crippen LogP contribution in [0.1, 0.15) is 60.4 Å². The quantitative estimate of drug-likeness (QED) is 0.229. The molecule has 1 aromatic heterocycles. The van der Waals surface area contributed by atoms with Crippen molar-refractivity contribution in [2.75, 3.05) is 42.5 Å². The van der Waals surface area contributed by atoms with E-state index in [9.17, 15) is 4.79 Å². The maximum Gasteiger partial charge on any atom is 0.255 e. The third kappa shape index (κ3) is 4.24. The number of pyridine rings is 1. The van der Waals surface area contributed by atoms with Crippen LogP contribution in [0.3, 0.4) is 0 Å². The van der Waals surface area contributed by atoms with E-state index in [2.05, 4.69) is 89.8 Å². The van der Waals surface area contributed by atoms with Gasteiger partial charge in [-0.2, -0.15) is 0 Å². The fraction of sp³-hybridized carbons (Fsp3) is 0.314. The molecule has 3 aromatic carbocycles. The number of rotatable bonds is 9. The van der Waals surface area contributed by atoms with E-state index in [1.807, 2.05) is 42.6 Å². The van der Waals surface area contributed by atoms with Crippen LogP contribution in [-0.2, 0) is 12.0 Å². The second kappa shape index (κ2) is 10.9. The monoisotopic (exact) mass is 546 g/mol. The van der Waals surface area contributed by atoms with Crippen molar-refractivity contribution in [1.82, 2.24) is 9.88 Å². The lowest BCUT2D eigenvalue weighted by Crippen LogP contribution is -2.48. The first kappa shape index (κ1) is 26.9. The summed E-state index contributed by atoms with van der Waals surface area (Å²) >= 11 is 0. The molecule has 2 aliphatic rings. The second-order valence-electron chi connectivity index (χ2n) is 10.6. The third-order valence-electron chi connectivity index (χ3n) is 8.70. The molecular formula is C35H38N4O2. The van der Waals surface area contributed by atoms with Crippen LogP contribution in [0.2, 0.25) is 0 Å². The number of carbonyl (C=O) groups is 1. The van der Waals surface area contributed by atoms with Crippen molar-refractivity contribution in [3.8, 4) is 11.5 Å². The first-order valence-electron chi connectivity index (χ1n) is 14.8. The van der Waals surface area contributed by atoms with Crippen molar-refractivity contribution in [3.63, 3.8) is 0 Å². The summed E-state index contributed by atoms with van der Waals surface area (Å²) in [5.74, 6) is 1.63. The lowest BCUT2D eigenvalue weighted by Gasteiger charge is -2.45. The molecule has 0 N–H and O–H groups in total. The maximum atomic E-state index is 14.3. The molecule has 41 heavy (non-hydrogen) atoms. The summed E-state index contributed by atoms with van der Waals surface area (Å²) in [4.78, 5) is 25.6. The van der Waals surface area contributed by atoms with E-state index in [0.29, 0.717) is 13.0 Å². The SMILES string of the molecule is CCN(CC)c1ccc2c(c1)Oc1cc(N(CC)CC)ccc1C21c2ccccc2C(=O)N1CCc1ccccn1. The van der Waals surface area contributed by atoms with Gasteiger partial charge in [0.1, 0.15) is 17.0 Å². The molecule has 0 saturated heterocycles. The number of aromatic nitrogens is 1. The molecular weight excluding hydrogens is 508 g/mol. The number of ether oxygens (including phenoxy) is 1. The van der Waals surface area contributed by atoms with Gasteiger partial charge in [0.05, 0.1) is 0 Å². The van der Waals surface area contributed by atoms with Gasteiger partial charge in [0, 0.05) is 91.2 Å². The summed E-state index contributed by atoms with van der Waals surface area (Å²) in [6.07, 6.45) is 2.47. The summed E-state index contributed by atoms with van der Waals surface area (Å²) < 4.78 is 6.78. The van der Waals surface area contributed by atoms with Crippen molar-refractivity contribution in [2.45, 2.75) is 39.7 Å². The summed E-state index contributed by atoms with van der Waals surface area (Å²) in [6, 6.07) is 27.0. The number of carbonyl (C=O) groups excluding carboxylic acids is 1. The van der Waals surface area contributed by atoms with Crippen molar-refractivity contribution >= 4 is 17.3 Å². The van der Waals surface area contributed by atoms with Gasteiger partial charge in [0.2, 0.25) is 0 Å². The van der Waals surface area contributed by atoms with Gasteiger partial charge in [-0.05, 0) is 63.6 Å². The number of anilines is 2. The summed E-state index contributed by atoms with van der Waals surface area (Å²) in [5.41, 5.74) is 6.12. The summed E-state index contributed by atoms with van der Waals surface area (Å²) in [6.45, 7) is 12.8. The fourth-order valence-electron chi connectivity index (χ4n) is 6.67. The lowest BCUT2D eigenvalue weighted by atomic mass is 9.74. The standard InChI is InChI=1S/C35H38N4O2/c1-5-37(6-2)26-16-18-30-32(23-26)41-33-24-27(38(7-3)8-4)17-19-31(33)35(30)29-15-10-9-14-28(29)34(40)39(35)22-20-25-13-11-12-21-36-25/h9-19,21,23-24H,5-8,20,22H2,1-4H3. The molecule has 0 aliphatic carbocycles. The summed E-state index contributed by atoms with van der Waals surface area (Å²) in [5, 5.41) is 0. The average molecular weight is 547 g/mol. The Morgan fingerprint density at radius 3 is 1.88 bits per heavy atom. The maximum absolute atomic E-state index is 14.3. The van der Waals surface area contributed by atoms with Gasteiger partial charge in [0.15, 0.2) is 0 Å². The Morgan fingerprint density at radius 1 is 0.732 bits per heavy atom.